The second kappa shape index (κ2) is 6.34. The summed E-state index contributed by atoms with van der Waals surface area (Å²) in [4.78, 5) is 15.1. The van der Waals surface area contributed by atoms with E-state index in [1.54, 1.807) is 12.1 Å². The molecule has 3 nitrogen and oxygen atoms in total. The Hall–Kier alpha value is -2.46. The smallest absolute Gasteiger partial charge is 0.252 e. The molecule has 0 saturated carbocycles. The van der Waals surface area contributed by atoms with Crippen LogP contribution in [0.3, 0.4) is 0 Å². The molecule has 0 spiro atoms. The molecule has 1 heterocycles. The van der Waals surface area contributed by atoms with E-state index in [4.69, 9.17) is 0 Å². The predicted molar refractivity (Wildman–Crippen MR) is 91.0 cm³/mol. The highest BCUT2D eigenvalue weighted by Gasteiger charge is 2.05. The first kappa shape index (κ1) is 15.4. The van der Waals surface area contributed by atoms with Crippen LogP contribution in [0.2, 0.25) is 0 Å². The Morgan fingerprint density at radius 1 is 1.00 bits per heavy atom. The maximum absolute atomic E-state index is 12.9. The van der Waals surface area contributed by atoms with Crippen molar-refractivity contribution in [2.24, 2.45) is 0 Å². The van der Waals surface area contributed by atoms with E-state index >= 15 is 0 Å². The molecular formula is C19H19FN2O. The van der Waals surface area contributed by atoms with Gasteiger partial charge in [-0.3, -0.25) is 4.79 Å². The number of aromatic amines is 1. The van der Waals surface area contributed by atoms with Crippen LogP contribution in [-0.4, -0.2) is 4.98 Å². The minimum atomic E-state index is -0.245. The molecule has 3 aromatic rings. The molecule has 0 radical (unpaired) electrons. The Bertz CT molecular complexity index is 898. The SMILES string of the molecule is Cc1cc2cc(CNCc3ccc(F)cc3)c(=O)[nH]c2cc1C. The molecule has 0 unspecified atom stereocenters. The van der Waals surface area contributed by atoms with Gasteiger partial charge in [0, 0.05) is 24.2 Å². The number of hydrogen-bond donors (Lipinski definition) is 2. The van der Waals surface area contributed by atoms with Gasteiger partial charge in [0.05, 0.1) is 0 Å². The van der Waals surface area contributed by atoms with Crippen molar-refractivity contribution in [3.8, 4) is 0 Å². The maximum Gasteiger partial charge on any atom is 0.252 e. The van der Waals surface area contributed by atoms with Crippen molar-refractivity contribution in [2.75, 3.05) is 0 Å². The van der Waals surface area contributed by atoms with Crippen LogP contribution in [0, 0.1) is 19.7 Å². The molecule has 118 valence electrons. The summed E-state index contributed by atoms with van der Waals surface area (Å²) in [6, 6.07) is 12.4. The molecular weight excluding hydrogens is 291 g/mol. The van der Waals surface area contributed by atoms with Gasteiger partial charge in [-0.2, -0.15) is 0 Å². The topological polar surface area (TPSA) is 44.9 Å². The minimum Gasteiger partial charge on any atom is -0.322 e. The number of pyridine rings is 1. The van der Waals surface area contributed by atoms with Crippen LogP contribution < -0.4 is 10.9 Å². The first-order valence-corrected chi connectivity index (χ1v) is 7.61. The van der Waals surface area contributed by atoms with Crippen LogP contribution >= 0.6 is 0 Å². The highest BCUT2D eigenvalue weighted by molar-refractivity contribution is 5.80. The fourth-order valence-electron chi connectivity index (χ4n) is 2.60. The van der Waals surface area contributed by atoms with Crippen LogP contribution in [-0.2, 0) is 13.1 Å². The van der Waals surface area contributed by atoms with Gasteiger partial charge in [-0.15, -0.1) is 0 Å². The van der Waals surface area contributed by atoms with Gasteiger partial charge in [0.25, 0.3) is 5.56 Å². The van der Waals surface area contributed by atoms with Crippen molar-refractivity contribution >= 4 is 10.9 Å². The maximum atomic E-state index is 12.9. The third-order valence-corrected chi connectivity index (χ3v) is 4.09. The summed E-state index contributed by atoms with van der Waals surface area (Å²) in [5.74, 6) is -0.245. The molecule has 0 amide bonds. The summed E-state index contributed by atoms with van der Waals surface area (Å²) in [5.41, 5.74) is 4.83. The van der Waals surface area contributed by atoms with Crippen LogP contribution in [0.25, 0.3) is 10.9 Å². The number of rotatable bonds is 4. The summed E-state index contributed by atoms with van der Waals surface area (Å²) in [7, 11) is 0. The van der Waals surface area contributed by atoms with Crippen molar-refractivity contribution in [1.29, 1.82) is 0 Å². The average Bonchev–Trinajstić information content (AvgIpc) is 2.52. The monoisotopic (exact) mass is 310 g/mol. The highest BCUT2D eigenvalue weighted by Crippen LogP contribution is 2.17. The molecule has 0 saturated heterocycles. The van der Waals surface area contributed by atoms with E-state index in [0.717, 1.165) is 22.0 Å². The number of hydrogen-bond acceptors (Lipinski definition) is 2. The average molecular weight is 310 g/mol. The lowest BCUT2D eigenvalue weighted by Crippen LogP contribution is -2.20. The summed E-state index contributed by atoms with van der Waals surface area (Å²) >= 11 is 0. The number of benzene rings is 2. The summed E-state index contributed by atoms with van der Waals surface area (Å²) < 4.78 is 12.9. The molecule has 1 aromatic heterocycles. The highest BCUT2D eigenvalue weighted by atomic mass is 19.1. The molecule has 3 rings (SSSR count). The molecule has 4 heteroatoms. The second-order valence-corrected chi connectivity index (χ2v) is 5.88. The van der Waals surface area contributed by atoms with E-state index in [9.17, 15) is 9.18 Å². The number of fused-ring (bicyclic) bond motifs is 1. The third-order valence-electron chi connectivity index (χ3n) is 4.09. The first-order valence-electron chi connectivity index (χ1n) is 7.61. The molecule has 0 fully saturated rings. The van der Waals surface area contributed by atoms with Gasteiger partial charge in [-0.1, -0.05) is 12.1 Å². The zero-order chi connectivity index (χ0) is 16.4. The van der Waals surface area contributed by atoms with Crippen LogP contribution in [0.5, 0.6) is 0 Å². The standard InChI is InChI=1S/C19H19FN2O/c1-12-7-15-9-16(19(23)22-18(15)8-13(12)2)11-21-10-14-3-5-17(20)6-4-14/h3-9,21H,10-11H2,1-2H3,(H,22,23). The van der Waals surface area contributed by atoms with Gasteiger partial charge in [-0.25, -0.2) is 4.39 Å². The summed E-state index contributed by atoms with van der Waals surface area (Å²) in [6.45, 7) is 5.15. The van der Waals surface area contributed by atoms with Crippen LogP contribution in [0.4, 0.5) is 4.39 Å². The number of aryl methyl sites for hydroxylation is 2. The van der Waals surface area contributed by atoms with Crippen molar-refractivity contribution in [2.45, 2.75) is 26.9 Å². The zero-order valence-electron chi connectivity index (χ0n) is 13.2. The van der Waals surface area contributed by atoms with Gasteiger partial charge in [-0.05, 0) is 66.3 Å². The fraction of sp³-hybridized carbons (Fsp3) is 0.211. The van der Waals surface area contributed by atoms with E-state index in [1.165, 1.54) is 17.7 Å². The quantitative estimate of drug-likeness (QED) is 0.774. The lowest BCUT2D eigenvalue weighted by Gasteiger charge is -2.08. The van der Waals surface area contributed by atoms with Gasteiger partial charge in [0.15, 0.2) is 0 Å². The number of nitrogens with one attached hydrogen (secondary N) is 2. The Kier molecular flexibility index (Phi) is 4.26. The third kappa shape index (κ3) is 3.48. The van der Waals surface area contributed by atoms with Crippen molar-refractivity contribution in [1.82, 2.24) is 10.3 Å². The zero-order valence-corrected chi connectivity index (χ0v) is 13.2. The predicted octanol–water partition coefficient (Wildman–Crippen LogP) is 3.57. The van der Waals surface area contributed by atoms with E-state index in [2.05, 4.69) is 23.3 Å². The molecule has 0 aliphatic rings. The number of aromatic nitrogens is 1. The molecule has 0 aliphatic heterocycles. The lowest BCUT2D eigenvalue weighted by atomic mass is 10.0. The first-order chi connectivity index (χ1) is 11.0. The van der Waals surface area contributed by atoms with Gasteiger partial charge in [0.1, 0.15) is 5.82 Å². The Morgan fingerprint density at radius 2 is 1.70 bits per heavy atom. The number of halogens is 1. The summed E-state index contributed by atoms with van der Waals surface area (Å²) in [6.07, 6.45) is 0. The normalized spacial score (nSPS) is 11.1. The van der Waals surface area contributed by atoms with Gasteiger partial charge in [0.2, 0.25) is 0 Å². The second-order valence-electron chi connectivity index (χ2n) is 5.88. The van der Waals surface area contributed by atoms with Crippen molar-refractivity contribution < 1.29 is 4.39 Å². The Balaban J connectivity index is 1.77. The largest absolute Gasteiger partial charge is 0.322 e. The van der Waals surface area contributed by atoms with Crippen LogP contribution in [0.15, 0.2) is 47.3 Å². The van der Waals surface area contributed by atoms with E-state index in [0.29, 0.717) is 18.7 Å². The van der Waals surface area contributed by atoms with Crippen molar-refractivity contribution in [3.05, 3.63) is 80.9 Å². The molecule has 23 heavy (non-hydrogen) atoms. The molecule has 2 aromatic carbocycles. The molecule has 0 atom stereocenters. The van der Waals surface area contributed by atoms with Gasteiger partial charge < -0.3 is 10.3 Å². The van der Waals surface area contributed by atoms with E-state index < -0.39 is 0 Å². The number of H-pyrrole nitrogens is 1. The van der Waals surface area contributed by atoms with Crippen molar-refractivity contribution in [3.63, 3.8) is 0 Å². The Morgan fingerprint density at radius 3 is 2.43 bits per heavy atom. The fourth-order valence-corrected chi connectivity index (χ4v) is 2.60. The summed E-state index contributed by atoms with van der Waals surface area (Å²) in [5, 5.41) is 4.26. The molecule has 2 N–H and O–H groups in total. The minimum absolute atomic E-state index is 0.0765. The molecule has 0 bridgehead atoms. The van der Waals surface area contributed by atoms with E-state index in [-0.39, 0.29) is 11.4 Å². The lowest BCUT2D eigenvalue weighted by molar-refractivity contribution is 0.624. The van der Waals surface area contributed by atoms with Crippen LogP contribution in [0.1, 0.15) is 22.3 Å². The van der Waals surface area contributed by atoms with Gasteiger partial charge >= 0.3 is 0 Å². The Labute approximate surface area is 134 Å². The van der Waals surface area contributed by atoms with E-state index in [1.807, 2.05) is 19.1 Å². The molecule has 0 aliphatic carbocycles.